The smallest absolute Gasteiger partial charge is 0.237 e. The highest BCUT2D eigenvalue weighted by Crippen LogP contribution is 2.25. The van der Waals surface area contributed by atoms with Gasteiger partial charge in [0.2, 0.25) is 5.91 Å². The number of rotatable bonds is 5. The van der Waals surface area contributed by atoms with E-state index in [9.17, 15) is 9.90 Å². The maximum atomic E-state index is 12.0. The van der Waals surface area contributed by atoms with E-state index in [1.807, 2.05) is 30.3 Å². The summed E-state index contributed by atoms with van der Waals surface area (Å²) in [6.07, 6.45) is 3.53. The van der Waals surface area contributed by atoms with Crippen molar-refractivity contribution in [3.63, 3.8) is 0 Å². The van der Waals surface area contributed by atoms with Gasteiger partial charge >= 0.3 is 0 Å². The van der Waals surface area contributed by atoms with E-state index in [2.05, 4.69) is 5.32 Å². The van der Waals surface area contributed by atoms with Crippen molar-refractivity contribution in [2.75, 3.05) is 6.61 Å². The number of hydrogen-bond donors (Lipinski definition) is 3. The summed E-state index contributed by atoms with van der Waals surface area (Å²) in [5.74, 6) is 0.0714. The number of benzene rings is 1. The maximum Gasteiger partial charge on any atom is 0.237 e. The quantitative estimate of drug-likeness (QED) is 0.736. The van der Waals surface area contributed by atoms with Crippen LogP contribution in [-0.2, 0) is 11.2 Å². The molecule has 0 saturated heterocycles. The van der Waals surface area contributed by atoms with Crippen molar-refractivity contribution in [2.24, 2.45) is 11.7 Å². The van der Waals surface area contributed by atoms with Crippen molar-refractivity contribution in [3.8, 4) is 0 Å². The number of hydrogen-bond acceptors (Lipinski definition) is 3. The second-order valence-corrected chi connectivity index (χ2v) is 5.28. The predicted octanol–water partition coefficient (Wildman–Crippen LogP) is 0.834. The van der Waals surface area contributed by atoms with Gasteiger partial charge < -0.3 is 16.2 Å². The third-order valence-corrected chi connectivity index (χ3v) is 3.86. The molecule has 0 radical (unpaired) electrons. The monoisotopic (exact) mass is 262 g/mol. The molecule has 1 amide bonds. The Morgan fingerprint density at radius 3 is 2.79 bits per heavy atom. The lowest BCUT2D eigenvalue weighted by molar-refractivity contribution is -0.123. The number of nitrogens with two attached hydrogens (primary N) is 1. The number of amides is 1. The van der Waals surface area contributed by atoms with Gasteiger partial charge in [-0.3, -0.25) is 4.79 Å². The Labute approximate surface area is 114 Å². The van der Waals surface area contributed by atoms with Gasteiger partial charge in [0.1, 0.15) is 0 Å². The normalized spacial score (nSPS) is 24.1. The standard InChI is InChI=1S/C15H22N2O2/c16-13(9-11-5-2-1-3-6-11)15(19)17-14-8-4-7-12(14)10-18/h1-3,5-6,12-14,18H,4,7-10,16H2,(H,17,19). The van der Waals surface area contributed by atoms with Crippen LogP contribution in [0, 0.1) is 5.92 Å². The van der Waals surface area contributed by atoms with Crippen molar-refractivity contribution in [2.45, 2.75) is 37.8 Å². The summed E-state index contributed by atoms with van der Waals surface area (Å²) in [6.45, 7) is 0.138. The lowest BCUT2D eigenvalue weighted by atomic mass is 10.0. The summed E-state index contributed by atoms with van der Waals surface area (Å²) in [6, 6.07) is 9.33. The first kappa shape index (κ1) is 14.0. The van der Waals surface area contributed by atoms with Crippen LogP contribution >= 0.6 is 0 Å². The lowest BCUT2D eigenvalue weighted by Crippen LogP contribution is -2.48. The third-order valence-electron chi connectivity index (χ3n) is 3.86. The van der Waals surface area contributed by atoms with E-state index in [4.69, 9.17) is 5.73 Å². The molecule has 1 fully saturated rings. The molecule has 104 valence electrons. The van der Waals surface area contributed by atoms with Gasteiger partial charge in [0, 0.05) is 18.6 Å². The van der Waals surface area contributed by atoms with Gasteiger partial charge in [-0.05, 0) is 24.8 Å². The van der Waals surface area contributed by atoms with Gasteiger partial charge in [-0.15, -0.1) is 0 Å². The van der Waals surface area contributed by atoms with E-state index in [1.165, 1.54) is 0 Å². The lowest BCUT2D eigenvalue weighted by Gasteiger charge is -2.21. The number of aliphatic hydroxyl groups excluding tert-OH is 1. The fraction of sp³-hybridized carbons (Fsp3) is 0.533. The summed E-state index contributed by atoms with van der Waals surface area (Å²) in [7, 11) is 0. The van der Waals surface area contributed by atoms with E-state index < -0.39 is 6.04 Å². The van der Waals surface area contributed by atoms with Crippen LogP contribution in [0.4, 0.5) is 0 Å². The first-order chi connectivity index (χ1) is 9.20. The SMILES string of the molecule is NC(Cc1ccccc1)C(=O)NC1CCCC1CO. The molecule has 3 atom stereocenters. The molecule has 1 saturated carbocycles. The molecular weight excluding hydrogens is 240 g/mol. The van der Waals surface area contributed by atoms with Crippen molar-refractivity contribution in [1.82, 2.24) is 5.32 Å². The molecule has 19 heavy (non-hydrogen) atoms. The molecule has 4 heteroatoms. The summed E-state index contributed by atoms with van der Waals surface area (Å²) in [5.41, 5.74) is 7.00. The molecule has 0 heterocycles. The molecule has 0 spiro atoms. The van der Waals surface area contributed by atoms with Gasteiger partial charge in [0.25, 0.3) is 0 Å². The number of carbonyl (C=O) groups is 1. The largest absolute Gasteiger partial charge is 0.396 e. The molecule has 4 N–H and O–H groups in total. The van der Waals surface area contributed by atoms with E-state index in [1.54, 1.807) is 0 Å². The van der Waals surface area contributed by atoms with Crippen molar-refractivity contribution in [3.05, 3.63) is 35.9 Å². The minimum Gasteiger partial charge on any atom is -0.396 e. The fourth-order valence-corrected chi connectivity index (χ4v) is 2.70. The first-order valence-corrected chi connectivity index (χ1v) is 6.91. The molecule has 3 unspecified atom stereocenters. The van der Waals surface area contributed by atoms with Crippen LogP contribution in [0.15, 0.2) is 30.3 Å². The first-order valence-electron chi connectivity index (χ1n) is 6.91. The van der Waals surface area contributed by atoms with Crippen LogP contribution in [0.25, 0.3) is 0 Å². The van der Waals surface area contributed by atoms with Crippen molar-refractivity contribution in [1.29, 1.82) is 0 Å². The van der Waals surface area contributed by atoms with Gasteiger partial charge in [-0.2, -0.15) is 0 Å². The van der Waals surface area contributed by atoms with Crippen LogP contribution in [-0.4, -0.2) is 29.7 Å². The van der Waals surface area contributed by atoms with E-state index in [-0.39, 0.29) is 24.5 Å². The number of aliphatic hydroxyl groups is 1. The highest BCUT2D eigenvalue weighted by molar-refractivity contribution is 5.82. The Kier molecular flexibility index (Phi) is 4.93. The highest BCUT2D eigenvalue weighted by atomic mass is 16.3. The van der Waals surface area contributed by atoms with Crippen LogP contribution in [0.1, 0.15) is 24.8 Å². The Bertz CT molecular complexity index is 408. The average molecular weight is 262 g/mol. The number of carbonyl (C=O) groups excluding carboxylic acids is 1. The maximum absolute atomic E-state index is 12.0. The zero-order valence-corrected chi connectivity index (χ0v) is 11.1. The molecule has 1 aromatic rings. The Morgan fingerprint density at radius 1 is 1.37 bits per heavy atom. The van der Waals surface area contributed by atoms with Gasteiger partial charge in [0.05, 0.1) is 6.04 Å². The van der Waals surface area contributed by atoms with E-state index >= 15 is 0 Å². The average Bonchev–Trinajstić information content (AvgIpc) is 2.87. The molecular formula is C15H22N2O2. The van der Waals surface area contributed by atoms with Crippen LogP contribution in [0.5, 0.6) is 0 Å². The molecule has 1 aliphatic carbocycles. The minimum atomic E-state index is -0.526. The zero-order chi connectivity index (χ0) is 13.7. The van der Waals surface area contributed by atoms with Crippen molar-refractivity contribution < 1.29 is 9.90 Å². The molecule has 1 aromatic carbocycles. The molecule has 1 aliphatic rings. The summed E-state index contributed by atoms with van der Waals surface area (Å²) in [4.78, 5) is 12.0. The Balaban J connectivity index is 1.85. The second kappa shape index (κ2) is 6.68. The highest BCUT2D eigenvalue weighted by Gasteiger charge is 2.29. The molecule has 0 aliphatic heterocycles. The van der Waals surface area contributed by atoms with E-state index in [0.717, 1.165) is 24.8 Å². The van der Waals surface area contributed by atoms with Crippen LogP contribution in [0.3, 0.4) is 0 Å². The minimum absolute atomic E-state index is 0.0827. The Hall–Kier alpha value is -1.39. The Morgan fingerprint density at radius 2 is 2.11 bits per heavy atom. The topological polar surface area (TPSA) is 75.4 Å². The molecule has 0 aromatic heterocycles. The number of nitrogens with one attached hydrogen (secondary N) is 1. The third kappa shape index (κ3) is 3.78. The van der Waals surface area contributed by atoms with Crippen LogP contribution in [0.2, 0.25) is 0 Å². The van der Waals surface area contributed by atoms with Crippen molar-refractivity contribution >= 4 is 5.91 Å². The molecule has 0 bridgehead atoms. The second-order valence-electron chi connectivity index (χ2n) is 5.28. The van der Waals surface area contributed by atoms with Gasteiger partial charge in [-0.1, -0.05) is 36.8 Å². The predicted molar refractivity (Wildman–Crippen MR) is 74.5 cm³/mol. The zero-order valence-electron chi connectivity index (χ0n) is 11.1. The van der Waals surface area contributed by atoms with Gasteiger partial charge in [-0.25, -0.2) is 0 Å². The molecule has 4 nitrogen and oxygen atoms in total. The summed E-state index contributed by atoms with van der Waals surface area (Å²) < 4.78 is 0. The van der Waals surface area contributed by atoms with Gasteiger partial charge in [0.15, 0.2) is 0 Å². The van der Waals surface area contributed by atoms with E-state index in [0.29, 0.717) is 6.42 Å². The summed E-state index contributed by atoms with van der Waals surface area (Å²) in [5, 5.41) is 12.2. The van der Waals surface area contributed by atoms with Crippen LogP contribution < -0.4 is 11.1 Å². The fourth-order valence-electron chi connectivity index (χ4n) is 2.70. The molecule has 2 rings (SSSR count). The summed E-state index contributed by atoms with van der Waals surface area (Å²) >= 11 is 0.